The molecule has 0 aliphatic rings. The van der Waals surface area contributed by atoms with Gasteiger partial charge in [-0.15, -0.1) is 0 Å². The molecule has 2 aromatic heterocycles. The van der Waals surface area contributed by atoms with Crippen LogP contribution in [0.15, 0.2) is 51.9 Å². The van der Waals surface area contributed by atoms with Gasteiger partial charge in [0.25, 0.3) is 11.5 Å². The Morgan fingerprint density at radius 3 is 2.73 bits per heavy atom. The Morgan fingerprint density at radius 2 is 2.00 bits per heavy atom. The van der Waals surface area contributed by atoms with Gasteiger partial charge in [-0.05, 0) is 17.2 Å². The van der Waals surface area contributed by atoms with Crippen LogP contribution in [0, 0.1) is 0 Å². The van der Waals surface area contributed by atoms with Gasteiger partial charge in [0.2, 0.25) is 5.76 Å². The fraction of sp³-hybridized carbons (Fsp3) is 0.176. The quantitative estimate of drug-likeness (QED) is 0.492. The third kappa shape index (κ3) is 4.54. The largest absolute Gasteiger partial charge is 0.388 e. The van der Waals surface area contributed by atoms with Gasteiger partial charge in [-0.1, -0.05) is 24.3 Å². The molecule has 2 heterocycles. The van der Waals surface area contributed by atoms with Crippen molar-refractivity contribution < 1.29 is 14.4 Å². The summed E-state index contributed by atoms with van der Waals surface area (Å²) in [5.41, 5.74) is 1.43. The van der Waals surface area contributed by atoms with Gasteiger partial charge >= 0.3 is 0 Å². The Balaban J connectivity index is 1.57. The number of amides is 1. The summed E-state index contributed by atoms with van der Waals surface area (Å²) in [6.07, 6.45) is 1.58. The van der Waals surface area contributed by atoms with Crippen LogP contribution in [-0.4, -0.2) is 26.1 Å². The number of nitrogens with one attached hydrogen (secondary N) is 3. The normalized spacial score (nSPS) is 10.5. The number of aliphatic hydroxyl groups excluding tert-OH is 1. The van der Waals surface area contributed by atoms with E-state index in [9.17, 15) is 9.59 Å². The Morgan fingerprint density at radius 1 is 1.19 bits per heavy atom. The second-order valence-corrected chi connectivity index (χ2v) is 5.45. The molecule has 0 aliphatic heterocycles. The smallest absolute Gasteiger partial charge is 0.290 e. The second kappa shape index (κ2) is 8.08. The van der Waals surface area contributed by atoms with E-state index in [-0.39, 0.29) is 12.4 Å². The minimum Gasteiger partial charge on any atom is -0.388 e. The number of rotatable bonds is 7. The lowest BCUT2D eigenvalue weighted by molar-refractivity contribution is 0.0914. The third-order valence-corrected chi connectivity index (χ3v) is 3.51. The molecule has 0 saturated carbocycles. The van der Waals surface area contributed by atoms with Crippen molar-refractivity contribution in [2.75, 3.05) is 5.32 Å². The Bertz CT molecular complexity index is 950. The lowest BCUT2D eigenvalue weighted by atomic mass is 10.1. The number of benzene rings is 1. The highest BCUT2D eigenvalue weighted by molar-refractivity contribution is 5.91. The molecule has 26 heavy (non-hydrogen) atoms. The molecule has 0 radical (unpaired) electrons. The zero-order valence-corrected chi connectivity index (χ0v) is 13.7. The standard InChI is InChI=1S/C17H17N5O4/c23-10-15-18-5-4-14(21-15)19-8-11-2-1-3-12(6-11)9-20-17(25)13-7-16(24)22-26-13/h1-7,23H,8-10H2,(H,20,25)(H,22,24)(H,18,19,21). The van der Waals surface area contributed by atoms with Crippen LogP contribution in [0.2, 0.25) is 0 Å². The number of anilines is 1. The maximum Gasteiger partial charge on any atom is 0.290 e. The first-order valence-corrected chi connectivity index (χ1v) is 7.85. The Labute approximate surface area is 148 Å². The molecule has 1 amide bonds. The van der Waals surface area contributed by atoms with Crippen molar-refractivity contribution in [1.29, 1.82) is 0 Å². The van der Waals surface area contributed by atoms with Gasteiger partial charge in [0.1, 0.15) is 12.4 Å². The average Bonchev–Trinajstić information content (AvgIpc) is 3.11. The molecule has 0 spiro atoms. The summed E-state index contributed by atoms with van der Waals surface area (Å²) in [4.78, 5) is 30.9. The molecule has 134 valence electrons. The minimum atomic E-state index is -0.468. The highest BCUT2D eigenvalue weighted by atomic mass is 16.5. The number of aliphatic hydroxyl groups is 1. The number of aromatic amines is 1. The van der Waals surface area contributed by atoms with Crippen molar-refractivity contribution in [3.63, 3.8) is 0 Å². The summed E-state index contributed by atoms with van der Waals surface area (Å²) in [6, 6.07) is 10.5. The van der Waals surface area contributed by atoms with E-state index >= 15 is 0 Å². The predicted octanol–water partition coefficient (Wildman–Crippen LogP) is 0.792. The summed E-state index contributed by atoms with van der Waals surface area (Å²) in [7, 11) is 0. The Hall–Kier alpha value is -3.46. The van der Waals surface area contributed by atoms with Gasteiger partial charge in [-0.3, -0.25) is 9.59 Å². The van der Waals surface area contributed by atoms with E-state index in [0.29, 0.717) is 24.7 Å². The van der Waals surface area contributed by atoms with E-state index in [2.05, 4.69) is 25.8 Å². The van der Waals surface area contributed by atoms with E-state index in [1.54, 1.807) is 12.3 Å². The molecular formula is C17H17N5O4. The molecule has 0 fully saturated rings. The van der Waals surface area contributed by atoms with Crippen molar-refractivity contribution in [3.05, 3.63) is 75.7 Å². The van der Waals surface area contributed by atoms with E-state index in [1.807, 2.05) is 24.3 Å². The van der Waals surface area contributed by atoms with Crippen LogP contribution in [0.3, 0.4) is 0 Å². The first kappa shape index (κ1) is 17.4. The van der Waals surface area contributed by atoms with Gasteiger partial charge in [0.15, 0.2) is 5.82 Å². The van der Waals surface area contributed by atoms with Crippen LogP contribution in [-0.2, 0) is 19.7 Å². The van der Waals surface area contributed by atoms with Gasteiger partial charge in [-0.2, -0.15) is 5.16 Å². The highest BCUT2D eigenvalue weighted by Crippen LogP contribution is 2.09. The number of aromatic nitrogens is 3. The van der Waals surface area contributed by atoms with E-state index in [0.717, 1.165) is 17.2 Å². The average molecular weight is 355 g/mol. The lowest BCUT2D eigenvalue weighted by Gasteiger charge is -2.09. The van der Waals surface area contributed by atoms with Gasteiger partial charge in [0.05, 0.1) is 6.07 Å². The molecule has 1 aromatic carbocycles. The van der Waals surface area contributed by atoms with E-state index in [4.69, 9.17) is 9.63 Å². The van der Waals surface area contributed by atoms with Crippen molar-refractivity contribution >= 4 is 11.7 Å². The fourth-order valence-corrected chi connectivity index (χ4v) is 2.28. The van der Waals surface area contributed by atoms with Gasteiger partial charge in [0, 0.05) is 19.3 Å². The number of nitrogens with zero attached hydrogens (tertiary/aromatic N) is 2. The summed E-state index contributed by atoms with van der Waals surface area (Å²) in [5, 5.41) is 17.0. The van der Waals surface area contributed by atoms with E-state index < -0.39 is 11.5 Å². The lowest BCUT2D eigenvalue weighted by Crippen LogP contribution is -2.22. The Kier molecular flexibility index (Phi) is 5.40. The first-order valence-electron chi connectivity index (χ1n) is 7.85. The summed E-state index contributed by atoms with van der Waals surface area (Å²) >= 11 is 0. The molecule has 0 saturated heterocycles. The van der Waals surface area contributed by atoms with Crippen molar-refractivity contribution in [2.45, 2.75) is 19.7 Å². The minimum absolute atomic E-state index is 0.0590. The van der Waals surface area contributed by atoms with Crippen LogP contribution in [0.5, 0.6) is 0 Å². The molecular weight excluding hydrogens is 338 g/mol. The van der Waals surface area contributed by atoms with Crippen molar-refractivity contribution in [3.8, 4) is 0 Å². The molecule has 0 atom stereocenters. The molecule has 0 aliphatic carbocycles. The monoisotopic (exact) mass is 355 g/mol. The van der Waals surface area contributed by atoms with Gasteiger partial charge < -0.3 is 20.3 Å². The second-order valence-electron chi connectivity index (χ2n) is 5.45. The molecule has 9 nitrogen and oxygen atoms in total. The van der Waals surface area contributed by atoms with Crippen LogP contribution in [0.4, 0.5) is 5.82 Å². The van der Waals surface area contributed by atoms with Crippen molar-refractivity contribution in [1.82, 2.24) is 20.4 Å². The fourth-order valence-electron chi connectivity index (χ4n) is 2.28. The van der Waals surface area contributed by atoms with E-state index in [1.165, 1.54) is 0 Å². The highest BCUT2D eigenvalue weighted by Gasteiger charge is 2.10. The van der Waals surface area contributed by atoms with Crippen LogP contribution in [0.1, 0.15) is 27.5 Å². The summed E-state index contributed by atoms with van der Waals surface area (Å²) < 4.78 is 4.76. The number of H-pyrrole nitrogens is 1. The first-order chi connectivity index (χ1) is 12.6. The van der Waals surface area contributed by atoms with Crippen LogP contribution < -0.4 is 16.2 Å². The zero-order chi connectivity index (χ0) is 18.4. The third-order valence-electron chi connectivity index (χ3n) is 3.51. The predicted molar refractivity (Wildman–Crippen MR) is 92.2 cm³/mol. The molecule has 3 aromatic rings. The zero-order valence-electron chi connectivity index (χ0n) is 13.7. The molecule has 4 N–H and O–H groups in total. The molecule has 0 unspecified atom stereocenters. The number of carbonyl (C=O) groups excluding carboxylic acids is 1. The van der Waals surface area contributed by atoms with Crippen LogP contribution >= 0.6 is 0 Å². The summed E-state index contributed by atoms with van der Waals surface area (Å²) in [6.45, 7) is 0.603. The summed E-state index contributed by atoms with van der Waals surface area (Å²) in [5.74, 6) is 0.439. The number of carbonyl (C=O) groups is 1. The molecule has 9 heteroatoms. The maximum absolute atomic E-state index is 11.9. The van der Waals surface area contributed by atoms with Crippen molar-refractivity contribution in [2.24, 2.45) is 0 Å². The SMILES string of the molecule is O=C(NCc1cccc(CNc2ccnc(CO)n2)c1)c1cc(=O)[nH]o1. The van der Waals surface area contributed by atoms with Crippen LogP contribution in [0.25, 0.3) is 0 Å². The van der Waals surface area contributed by atoms with Gasteiger partial charge in [-0.25, -0.2) is 9.97 Å². The number of hydrogen-bond acceptors (Lipinski definition) is 7. The number of hydrogen-bond donors (Lipinski definition) is 4. The maximum atomic E-state index is 11.9. The topological polar surface area (TPSA) is 133 Å². The molecule has 0 bridgehead atoms. The molecule has 3 rings (SSSR count).